The molecule has 4 aromatic rings. The first-order valence-corrected chi connectivity index (χ1v) is 15.7. The molecule has 0 saturated heterocycles. The van der Waals surface area contributed by atoms with E-state index in [0.717, 1.165) is 5.56 Å². The number of rotatable bonds is 9. The molecule has 0 aliphatic carbocycles. The van der Waals surface area contributed by atoms with E-state index in [9.17, 15) is 24.3 Å². The van der Waals surface area contributed by atoms with E-state index >= 15 is 4.39 Å². The third-order valence-electron chi connectivity index (χ3n) is 8.10. The Labute approximate surface area is 289 Å². The number of ether oxygens (including phenoxy) is 1. The third kappa shape index (κ3) is 6.63. The number of amides is 2. The van der Waals surface area contributed by atoms with Gasteiger partial charge in [-0.1, -0.05) is 23.7 Å². The molecule has 1 unspecified atom stereocenters. The molecule has 0 saturated carbocycles. The second-order valence-corrected chi connectivity index (χ2v) is 11.6. The van der Waals surface area contributed by atoms with Gasteiger partial charge in [0.25, 0.3) is 5.91 Å². The molecule has 14 nitrogen and oxygen atoms in total. The van der Waals surface area contributed by atoms with Gasteiger partial charge >= 0.3 is 11.9 Å². The van der Waals surface area contributed by atoms with E-state index < -0.39 is 35.6 Å². The zero-order chi connectivity index (χ0) is 35.5. The Morgan fingerprint density at radius 2 is 1.90 bits per heavy atom. The topological polar surface area (TPSA) is 170 Å². The van der Waals surface area contributed by atoms with Crippen molar-refractivity contribution in [1.29, 1.82) is 0 Å². The maximum Gasteiger partial charge on any atom is 0.358 e. The number of nitrogens with one attached hydrogen (secondary N) is 3. The standard InChI is InChI=1S/C34H30ClFN8O6/c1-3-50-34(49)26-17-19(2)44(39-26)28-6-4-5-23-22(28)15-16-42(31(23)32(46)38-21-9-7-20(8-10-21)33(47)48)29(45)14-11-24-27(43-18-37-40-41-43)13-12-25(35)30(24)36/h4-14,17-18,31,40-41H,3,15-16H2,1-2H3,(H,38,46)(H,47,48)/b14-11+. The van der Waals surface area contributed by atoms with Crippen LogP contribution in [0.1, 0.15) is 56.2 Å². The fourth-order valence-corrected chi connectivity index (χ4v) is 5.96. The lowest BCUT2D eigenvalue weighted by molar-refractivity contribution is -0.135. The Bertz CT molecular complexity index is 2060. The molecule has 2 aliphatic heterocycles. The van der Waals surface area contributed by atoms with Crippen LogP contribution in [0, 0.1) is 12.7 Å². The number of halogens is 2. The molecular weight excluding hydrogens is 671 g/mol. The first-order chi connectivity index (χ1) is 24.1. The van der Waals surface area contributed by atoms with Crippen LogP contribution in [0.15, 0.2) is 71.8 Å². The molecule has 50 heavy (non-hydrogen) atoms. The molecule has 4 N–H and O–H groups in total. The lowest BCUT2D eigenvalue weighted by Gasteiger charge is -2.36. The lowest BCUT2D eigenvalue weighted by atomic mass is 9.90. The summed E-state index contributed by atoms with van der Waals surface area (Å²) in [4.78, 5) is 53.2. The Balaban J connectivity index is 1.38. The highest BCUT2D eigenvalue weighted by Gasteiger charge is 2.37. The lowest BCUT2D eigenvalue weighted by Crippen LogP contribution is -2.45. The molecule has 1 atom stereocenters. The van der Waals surface area contributed by atoms with Gasteiger partial charge in [-0.15, -0.1) is 5.53 Å². The zero-order valence-electron chi connectivity index (χ0n) is 26.7. The van der Waals surface area contributed by atoms with E-state index in [1.54, 1.807) is 48.9 Å². The molecule has 0 spiro atoms. The maximum absolute atomic E-state index is 15.3. The second kappa shape index (κ2) is 14.2. The summed E-state index contributed by atoms with van der Waals surface area (Å²) in [5.41, 5.74) is 8.51. The van der Waals surface area contributed by atoms with Crippen molar-refractivity contribution < 1.29 is 33.4 Å². The van der Waals surface area contributed by atoms with Gasteiger partial charge in [-0.25, -0.2) is 29.2 Å². The number of hydrogen-bond donors (Lipinski definition) is 4. The van der Waals surface area contributed by atoms with Crippen LogP contribution >= 0.6 is 11.6 Å². The van der Waals surface area contributed by atoms with Gasteiger partial charge in [-0.3, -0.25) is 9.59 Å². The predicted octanol–water partition coefficient (Wildman–Crippen LogP) is 4.40. The van der Waals surface area contributed by atoms with Gasteiger partial charge in [0.2, 0.25) is 5.91 Å². The van der Waals surface area contributed by atoms with Crippen molar-refractivity contribution in [2.24, 2.45) is 5.10 Å². The van der Waals surface area contributed by atoms with E-state index in [4.69, 9.17) is 16.3 Å². The number of carbonyl (C=O) groups is 4. The number of carboxylic acid groups (broad SMARTS) is 1. The molecule has 0 radical (unpaired) electrons. The molecule has 3 heterocycles. The first-order valence-electron chi connectivity index (χ1n) is 15.4. The summed E-state index contributed by atoms with van der Waals surface area (Å²) >= 11 is 6.08. The molecule has 6 rings (SSSR count). The number of aromatic nitrogens is 2. The van der Waals surface area contributed by atoms with E-state index in [2.05, 4.69) is 26.6 Å². The Kier molecular flexibility index (Phi) is 9.60. The predicted molar refractivity (Wildman–Crippen MR) is 182 cm³/mol. The number of esters is 1. The van der Waals surface area contributed by atoms with Crippen LogP contribution in [-0.2, 0) is 20.7 Å². The summed E-state index contributed by atoms with van der Waals surface area (Å²) in [6.45, 7) is 3.76. The minimum Gasteiger partial charge on any atom is -0.478 e. The highest BCUT2D eigenvalue weighted by molar-refractivity contribution is 6.31. The van der Waals surface area contributed by atoms with E-state index in [0.29, 0.717) is 34.7 Å². The van der Waals surface area contributed by atoms with Crippen molar-refractivity contribution in [3.63, 3.8) is 0 Å². The average molecular weight is 701 g/mol. The molecule has 0 fully saturated rings. The number of nitrogens with zero attached hydrogens (tertiary/aromatic N) is 5. The second-order valence-electron chi connectivity index (χ2n) is 11.2. The number of carboxylic acids is 1. The quantitative estimate of drug-likeness (QED) is 0.145. The summed E-state index contributed by atoms with van der Waals surface area (Å²) < 4.78 is 22.0. The number of anilines is 2. The van der Waals surface area contributed by atoms with Gasteiger partial charge in [-0.05, 0) is 86.0 Å². The minimum absolute atomic E-state index is 0.000668. The first kappa shape index (κ1) is 33.8. The molecule has 16 heteroatoms. The van der Waals surface area contributed by atoms with E-state index in [1.807, 2.05) is 0 Å². The van der Waals surface area contributed by atoms with Crippen molar-refractivity contribution in [3.8, 4) is 5.69 Å². The van der Waals surface area contributed by atoms with Crippen molar-refractivity contribution in [2.45, 2.75) is 26.3 Å². The Hall–Kier alpha value is -6.06. The molecule has 256 valence electrons. The summed E-state index contributed by atoms with van der Waals surface area (Å²) in [6, 6.07) is 14.2. The summed E-state index contributed by atoms with van der Waals surface area (Å²) in [6.07, 6.45) is 4.13. The highest BCUT2D eigenvalue weighted by Crippen LogP contribution is 2.36. The molecule has 0 bridgehead atoms. The number of benzene rings is 3. The van der Waals surface area contributed by atoms with Gasteiger partial charge in [0.1, 0.15) is 12.4 Å². The average Bonchev–Trinajstić information content (AvgIpc) is 3.78. The van der Waals surface area contributed by atoms with Crippen LogP contribution in [0.4, 0.5) is 15.8 Å². The van der Waals surface area contributed by atoms with E-state index in [1.165, 1.54) is 58.7 Å². The minimum atomic E-state index is -1.17. The van der Waals surface area contributed by atoms with E-state index in [-0.39, 0.29) is 35.0 Å². The van der Waals surface area contributed by atoms with Crippen LogP contribution in [0.25, 0.3) is 11.8 Å². The maximum atomic E-state index is 15.3. The third-order valence-corrected chi connectivity index (χ3v) is 8.39. The van der Waals surface area contributed by atoms with Crippen LogP contribution in [0.3, 0.4) is 0 Å². The Morgan fingerprint density at radius 1 is 1.12 bits per heavy atom. The summed E-state index contributed by atoms with van der Waals surface area (Å²) in [7, 11) is 0. The fourth-order valence-electron chi connectivity index (χ4n) is 5.79. The monoisotopic (exact) mass is 700 g/mol. The van der Waals surface area contributed by atoms with Gasteiger partial charge < -0.3 is 20.1 Å². The van der Waals surface area contributed by atoms with Crippen LogP contribution in [0.2, 0.25) is 5.02 Å². The van der Waals surface area contributed by atoms with Crippen LogP contribution in [-0.4, -0.2) is 63.0 Å². The SMILES string of the molecule is CCOC(=O)c1cc(C)n(-c2cccc3c2CCN(C(=O)/C=C/c2c(N4C=NNN4)ccc(Cl)c2F)C3C(=O)Nc2ccc(C(=O)O)cc2)n1. The molecular formula is C34H30ClFN8O6. The summed E-state index contributed by atoms with van der Waals surface area (Å²) in [5.74, 6) is -3.62. The van der Waals surface area contributed by atoms with Crippen molar-refractivity contribution in [2.75, 3.05) is 23.5 Å². The van der Waals surface area contributed by atoms with Crippen molar-refractivity contribution in [1.82, 2.24) is 25.7 Å². The number of aryl methyl sites for hydroxylation is 1. The molecule has 2 aliphatic rings. The molecule has 3 aromatic carbocycles. The number of hydrazone groups is 1. The fraction of sp³-hybridized carbons (Fsp3) is 0.176. The number of aromatic carboxylic acids is 1. The smallest absolute Gasteiger partial charge is 0.358 e. The highest BCUT2D eigenvalue weighted by atomic mass is 35.5. The van der Waals surface area contributed by atoms with Gasteiger partial charge in [0, 0.05) is 29.6 Å². The van der Waals surface area contributed by atoms with Crippen LogP contribution < -0.4 is 21.4 Å². The van der Waals surface area contributed by atoms with Gasteiger partial charge in [0.15, 0.2) is 11.5 Å². The van der Waals surface area contributed by atoms with Crippen LogP contribution in [0.5, 0.6) is 0 Å². The number of fused-ring (bicyclic) bond motifs is 1. The number of hydrazine groups is 2. The Morgan fingerprint density at radius 3 is 2.60 bits per heavy atom. The van der Waals surface area contributed by atoms with Gasteiger partial charge in [0.05, 0.1) is 28.6 Å². The molecule has 1 aromatic heterocycles. The zero-order valence-corrected chi connectivity index (χ0v) is 27.4. The number of carbonyl (C=O) groups excluding carboxylic acids is 3. The number of hydrogen-bond acceptors (Lipinski definition) is 10. The largest absolute Gasteiger partial charge is 0.478 e. The van der Waals surface area contributed by atoms with Gasteiger partial charge in [-0.2, -0.15) is 10.2 Å². The molecule has 2 amide bonds. The summed E-state index contributed by atoms with van der Waals surface area (Å²) in [5, 5.41) is 21.6. The van der Waals surface area contributed by atoms with Crippen molar-refractivity contribution in [3.05, 3.63) is 111 Å². The normalized spacial score (nSPS) is 15.2. The van der Waals surface area contributed by atoms with Crippen molar-refractivity contribution >= 4 is 59.1 Å².